The molecule has 27 heavy (non-hydrogen) atoms. The molecule has 1 aromatic heterocycles. The topological polar surface area (TPSA) is 55.3 Å². The van der Waals surface area contributed by atoms with Gasteiger partial charge >= 0.3 is 0 Å². The highest BCUT2D eigenvalue weighted by Crippen LogP contribution is 2.27. The number of aromatic nitrogens is 2. The van der Waals surface area contributed by atoms with Crippen molar-refractivity contribution < 1.29 is 9.53 Å². The van der Waals surface area contributed by atoms with Gasteiger partial charge in [-0.05, 0) is 38.1 Å². The Morgan fingerprint density at radius 1 is 1.15 bits per heavy atom. The number of nitrogens with zero attached hydrogens (tertiary/aromatic N) is 3. The van der Waals surface area contributed by atoms with Gasteiger partial charge in [0.05, 0.1) is 5.52 Å². The second-order valence-corrected chi connectivity index (χ2v) is 6.79. The Balaban J connectivity index is 1.89. The van der Waals surface area contributed by atoms with Crippen LogP contribution in [0.25, 0.3) is 22.3 Å². The highest BCUT2D eigenvalue weighted by Gasteiger charge is 2.11. The molecule has 138 valence electrons. The summed E-state index contributed by atoms with van der Waals surface area (Å²) in [7, 11) is 0. The molecule has 0 fully saturated rings. The minimum Gasteiger partial charge on any atom is -0.462 e. The lowest BCUT2D eigenvalue weighted by atomic mass is 10.2. The van der Waals surface area contributed by atoms with Crippen molar-refractivity contribution in [2.24, 2.45) is 0 Å². The quantitative estimate of drug-likeness (QED) is 0.245. The summed E-state index contributed by atoms with van der Waals surface area (Å²) in [5.74, 6) is 1.03. The summed E-state index contributed by atoms with van der Waals surface area (Å²) in [6, 6.07) is 14.7. The molecule has 0 atom stereocenters. The Labute approximate surface area is 167 Å². The zero-order chi connectivity index (χ0) is 19.4. The molecule has 1 amide bonds. The van der Waals surface area contributed by atoms with Crippen LogP contribution in [-0.2, 0) is 4.79 Å². The predicted molar refractivity (Wildman–Crippen MR) is 108 cm³/mol. The van der Waals surface area contributed by atoms with Crippen molar-refractivity contribution in [2.75, 3.05) is 0 Å². The summed E-state index contributed by atoms with van der Waals surface area (Å²) < 4.78 is 5.60. The predicted octanol–water partition coefficient (Wildman–Crippen LogP) is 5.23. The number of hydrogen-bond acceptors (Lipinski definition) is 4. The highest BCUT2D eigenvalue weighted by atomic mass is 35.5. The van der Waals surface area contributed by atoms with Crippen LogP contribution in [0.1, 0.15) is 13.8 Å². The summed E-state index contributed by atoms with van der Waals surface area (Å²) in [5.41, 5.74) is 1.51. The van der Waals surface area contributed by atoms with Gasteiger partial charge in [0, 0.05) is 17.0 Å². The summed E-state index contributed by atoms with van der Waals surface area (Å²) in [4.78, 5) is 21.4. The molecule has 0 saturated carbocycles. The summed E-state index contributed by atoms with van der Waals surface area (Å²) in [6.45, 7) is 3.71. The smallest absolute Gasteiger partial charge is 0.215 e. The molecule has 0 aliphatic rings. The third-order valence-electron chi connectivity index (χ3n) is 3.86. The van der Waals surface area contributed by atoms with Gasteiger partial charge in [0.15, 0.2) is 5.82 Å². The first-order valence-electron chi connectivity index (χ1n) is 8.28. The van der Waals surface area contributed by atoms with Gasteiger partial charge in [0.1, 0.15) is 22.3 Å². The molecule has 2 aromatic carbocycles. The maximum Gasteiger partial charge on any atom is 0.215 e. The Morgan fingerprint density at radius 2 is 1.93 bits per heavy atom. The van der Waals surface area contributed by atoms with Gasteiger partial charge in [-0.25, -0.2) is 9.97 Å². The van der Waals surface area contributed by atoms with Crippen LogP contribution in [0.3, 0.4) is 0 Å². The van der Waals surface area contributed by atoms with Crippen LogP contribution in [0.2, 0.25) is 5.15 Å². The van der Waals surface area contributed by atoms with Crippen molar-refractivity contribution in [3.8, 4) is 17.1 Å². The molecule has 0 aliphatic heterocycles. The minimum absolute atomic E-state index is 0.0747. The van der Waals surface area contributed by atoms with Crippen molar-refractivity contribution >= 4 is 40.5 Å². The molecule has 1 heterocycles. The molecule has 3 aromatic rings. The number of amides is 1. The van der Waals surface area contributed by atoms with Crippen molar-refractivity contribution in [3.05, 3.63) is 65.1 Å². The van der Waals surface area contributed by atoms with E-state index in [9.17, 15) is 4.79 Å². The largest absolute Gasteiger partial charge is 0.462 e. The number of ether oxygens (including phenoxy) is 1. The fourth-order valence-corrected chi connectivity index (χ4v) is 2.99. The van der Waals surface area contributed by atoms with Crippen LogP contribution >= 0.6 is 23.2 Å². The summed E-state index contributed by atoms with van der Waals surface area (Å²) in [5, 5.41) is 1.38. The molecule has 0 radical (unpaired) electrons. The molecule has 0 aliphatic carbocycles. The van der Waals surface area contributed by atoms with Crippen LogP contribution in [0.5, 0.6) is 5.75 Å². The molecular formula is C20H17Cl2N3O2. The first-order chi connectivity index (χ1) is 13.0. The van der Waals surface area contributed by atoms with Gasteiger partial charge in [-0.15, -0.1) is 0 Å². The van der Waals surface area contributed by atoms with Gasteiger partial charge in [0.25, 0.3) is 0 Å². The molecule has 0 bridgehead atoms. The average molecular weight is 402 g/mol. The number of carbonyl (C=O) groups excluding carboxylic acids is 1. The van der Waals surface area contributed by atoms with Gasteiger partial charge in [-0.3, -0.25) is 4.79 Å². The second kappa shape index (κ2) is 8.37. The number of hydrogen-bond donors (Lipinski definition) is 0. The van der Waals surface area contributed by atoms with Crippen LogP contribution in [0, 0.1) is 0 Å². The molecule has 0 saturated heterocycles. The number of halogens is 2. The first-order valence-corrected chi connectivity index (χ1v) is 9.04. The molecule has 5 nitrogen and oxygen atoms in total. The van der Waals surface area contributed by atoms with Gasteiger partial charge in [-0.1, -0.05) is 47.5 Å². The minimum atomic E-state index is -0.0747. The summed E-state index contributed by atoms with van der Waals surface area (Å²) in [6.07, 6.45) is 1.98. The number of rotatable bonds is 6. The lowest BCUT2D eigenvalue weighted by Gasteiger charge is -2.20. The molecular weight excluding hydrogens is 385 g/mol. The zero-order valence-corrected chi connectivity index (χ0v) is 16.3. The average Bonchev–Trinajstić information content (AvgIpc) is 2.67. The van der Waals surface area contributed by atoms with E-state index in [1.165, 1.54) is 11.2 Å². The van der Waals surface area contributed by atoms with E-state index in [1.54, 1.807) is 12.1 Å². The number of fused-ring (bicyclic) bond motifs is 1. The highest BCUT2D eigenvalue weighted by molar-refractivity contribution is 6.34. The van der Waals surface area contributed by atoms with E-state index >= 15 is 0 Å². The fourth-order valence-electron chi connectivity index (χ4n) is 2.47. The first kappa shape index (κ1) is 19.1. The van der Waals surface area contributed by atoms with Gasteiger partial charge in [0.2, 0.25) is 6.41 Å². The number of carbonyl (C=O) groups is 1. The SMILES string of the molecule is CC(C)N(C=O)/C(Cl)=C/Oc1cccc(-c2nc(Cl)c3ccccc3n2)c1. The van der Waals surface area contributed by atoms with Crippen LogP contribution in [-0.4, -0.2) is 27.3 Å². The van der Waals surface area contributed by atoms with E-state index in [4.69, 9.17) is 27.9 Å². The van der Waals surface area contributed by atoms with Gasteiger partial charge < -0.3 is 9.64 Å². The maximum absolute atomic E-state index is 11.1. The monoisotopic (exact) mass is 401 g/mol. The van der Waals surface area contributed by atoms with Crippen LogP contribution in [0.15, 0.2) is 59.9 Å². The Bertz CT molecular complexity index is 1010. The summed E-state index contributed by atoms with van der Waals surface area (Å²) >= 11 is 12.4. The van der Waals surface area contributed by atoms with Crippen molar-refractivity contribution in [2.45, 2.75) is 19.9 Å². The van der Waals surface area contributed by atoms with Gasteiger partial charge in [-0.2, -0.15) is 0 Å². The standard InChI is InChI=1S/C20H17Cl2N3O2/c1-13(2)25(12-26)18(21)11-27-15-7-5-6-14(10-15)20-23-17-9-4-3-8-16(17)19(22)24-20/h3-13H,1-2H3/b18-11+. The number of benzene rings is 2. The Morgan fingerprint density at radius 3 is 2.67 bits per heavy atom. The van der Waals surface area contributed by atoms with Crippen molar-refractivity contribution in [1.29, 1.82) is 0 Å². The van der Waals surface area contributed by atoms with Crippen LogP contribution in [0.4, 0.5) is 0 Å². The second-order valence-electron chi connectivity index (χ2n) is 6.05. The van der Waals surface area contributed by atoms with E-state index in [-0.39, 0.29) is 11.2 Å². The van der Waals surface area contributed by atoms with E-state index in [0.29, 0.717) is 23.1 Å². The Kier molecular flexibility index (Phi) is 5.94. The van der Waals surface area contributed by atoms with Crippen LogP contribution < -0.4 is 4.74 Å². The van der Waals surface area contributed by atoms with E-state index in [0.717, 1.165) is 16.5 Å². The molecule has 0 unspecified atom stereocenters. The normalized spacial score (nSPS) is 11.7. The number of para-hydroxylation sites is 1. The zero-order valence-electron chi connectivity index (χ0n) is 14.8. The molecule has 0 spiro atoms. The lowest BCUT2D eigenvalue weighted by Crippen LogP contribution is -2.26. The fraction of sp³-hybridized carbons (Fsp3) is 0.150. The van der Waals surface area contributed by atoms with E-state index in [2.05, 4.69) is 9.97 Å². The van der Waals surface area contributed by atoms with Crippen molar-refractivity contribution in [3.63, 3.8) is 0 Å². The van der Waals surface area contributed by atoms with Crippen molar-refractivity contribution in [1.82, 2.24) is 14.9 Å². The molecule has 3 rings (SSSR count). The lowest BCUT2D eigenvalue weighted by molar-refractivity contribution is -0.117. The molecule has 7 heteroatoms. The third-order valence-corrected chi connectivity index (χ3v) is 4.43. The Hall–Kier alpha value is -2.63. The maximum atomic E-state index is 11.1. The van der Waals surface area contributed by atoms with E-state index in [1.807, 2.05) is 50.2 Å². The third kappa shape index (κ3) is 4.38. The van der Waals surface area contributed by atoms with E-state index < -0.39 is 0 Å². The molecule has 0 N–H and O–H groups in total.